The molecule has 0 saturated carbocycles. The fourth-order valence-corrected chi connectivity index (χ4v) is 3.31. The van der Waals surface area contributed by atoms with Gasteiger partial charge in [0, 0.05) is 18.3 Å². The van der Waals surface area contributed by atoms with Crippen LogP contribution in [0.2, 0.25) is 5.02 Å². The molecule has 0 radical (unpaired) electrons. The lowest BCUT2D eigenvalue weighted by Crippen LogP contribution is -2.15. The van der Waals surface area contributed by atoms with Crippen LogP contribution < -0.4 is 5.32 Å². The quantitative estimate of drug-likeness (QED) is 0.612. The van der Waals surface area contributed by atoms with E-state index in [1.807, 2.05) is 18.2 Å². The Kier molecular flexibility index (Phi) is 5.78. The molecule has 138 valence electrons. The number of hydrogen-bond acceptors (Lipinski definition) is 5. The van der Waals surface area contributed by atoms with Gasteiger partial charge in [-0.05, 0) is 30.3 Å². The summed E-state index contributed by atoms with van der Waals surface area (Å²) in [5.41, 5.74) is 1.30. The number of benzene rings is 2. The lowest BCUT2D eigenvalue weighted by atomic mass is 10.2. The summed E-state index contributed by atoms with van der Waals surface area (Å²) in [7, 11) is 1.80. The van der Waals surface area contributed by atoms with Crippen molar-refractivity contribution >= 4 is 40.9 Å². The number of carboxylic acids is 1. The van der Waals surface area contributed by atoms with Gasteiger partial charge in [0.2, 0.25) is 5.91 Å². The Bertz CT molecular complexity index is 1010. The number of nitrogens with one attached hydrogen (secondary N) is 1. The van der Waals surface area contributed by atoms with Crippen LogP contribution in [-0.4, -0.2) is 37.5 Å². The number of amides is 1. The number of carbonyl (C=O) groups excluding carboxylic acids is 1. The molecule has 2 aromatic carbocycles. The Morgan fingerprint density at radius 2 is 1.96 bits per heavy atom. The first-order valence-corrected chi connectivity index (χ1v) is 9.22. The van der Waals surface area contributed by atoms with Crippen molar-refractivity contribution in [3.8, 4) is 11.4 Å². The van der Waals surface area contributed by atoms with Gasteiger partial charge in [0.25, 0.3) is 0 Å². The van der Waals surface area contributed by atoms with E-state index in [0.717, 1.165) is 5.56 Å². The van der Waals surface area contributed by atoms with E-state index < -0.39 is 5.97 Å². The lowest BCUT2D eigenvalue weighted by molar-refractivity contribution is -0.113. The molecule has 2 N–H and O–H groups in total. The van der Waals surface area contributed by atoms with Crippen LogP contribution in [-0.2, 0) is 11.8 Å². The molecule has 0 aliphatic rings. The van der Waals surface area contributed by atoms with Crippen LogP contribution in [0.4, 0.5) is 5.69 Å². The second kappa shape index (κ2) is 8.24. The molecule has 1 aromatic heterocycles. The third-order valence-corrected chi connectivity index (χ3v) is 5.03. The average Bonchev–Trinajstić information content (AvgIpc) is 3.01. The van der Waals surface area contributed by atoms with E-state index in [4.69, 9.17) is 16.7 Å². The van der Waals surface area contributed by atoms with Gasteiger partial charge >= 0.3 is 5.97 Å². The number of aromatic carboxylic acids is 1. The molecule has 0 spiro atoms. The lowest BCUT2D eigenvalue weighted by Gasteiger charge is -2.07. The molecule has 0 aliphatic carbocycles. The zero-order valence-electron chi connectivity index (χ0n) is 14.2. The van der Waals surface area contributed by atoms with E-state index in [9.17, 15) is 9.59 Å². The molecule has 0 aliphatic heterocycles. The van der Waals surface area contributed by atoms with Gasteiger partial charge in [0.15, 0.2) is 11.0 Å². The summed E-state index contributed by atoms with van der Waals surface area (Å²) in [5.74, 6) is -0.611. The van der Waals surface area contributed by atoms with Crippen molar-refractivity contribution in [3.63, 3.8) is 0 Å². The predicted octanol–water partition coefficient (Wildman–Crippen LogP) is 3.56. The smallest absolute Gasteiger partial charge is 0.335 e. The van der Waals surface area contributed by atoms with Gasteiger partial charge in [0.05, 0.1) is 16.3 Å². The van der Waals surface area contributed by atoms with Gasteiger partial charge in [-0.2, -0.15) is 0 Å². The van der Waals surface area contributed by atoms with Crippen LogP contribution in [0, 0.1) is 0 Å². The number of hydrogen-bond donors (Lipinski definition) is 2. The van der Waals surface area contributed by atoms with Gasteiger partial charge in [-0.25, -0.2) is 4.79 Å². The number of carboxylic acid groups (broad SMARTS) is 1. The maximum absolute atomic E-state index is 12.2. The number of anilines is 1. The first kappa shape index (κ1) is 18.9. The van der Waals surface area contributed by atoms with E-state index in [2.05, 4.69) is 15.5 Å². The number of nitrogens with zero attached hydrogens (tertiary/aromatic N) is 3. The number of thioether (sulfide) groups is 1. The number of halogens is 1. The second-order valence-electron chi connectivity index (χ2n) is 5.57. The molecular formula is C18H15ClN4O3S. The van der Waals surface area contributed by atoms with Crippen LogP contribution >= 0.6 is 23.4 Å². The number of aromatic nitrogens is 3. The van der Waals surface area contributed by atoms with Crippen LogP contribution in [0.3, 0.4) is 0 Å². The zero-order valence-corrected chi connectivity index (χ0v) is 15.8. The van der Waals surface area contributed by atoms with Crippen LogP contribution in [0.1, 0.15) is 10.4 Å². The minimum atomic E-state index is -1.05. The van der Waals surface area contributed by atoms with Gasteiger partial charge < -0.3 is 15.0 Å². The molecule has 0 unspecified atom stereocenters. The largest absolute Gasteiger partial charge is 0.478 e. The standard InChI is InChI=1S/C18H15ClN4O3S/c1-23-16(13-7-2-3-8-14(13)19)21-22-18(23)27-10-15(24)20-12-6-4-5-11(9-12)17(25)26/h2-9H,10H2,1H3,(H,20,24)(H,25,26). The van der Waals surface area contributed by atoms with Crippen LogP contribution in [0.15, 0.2) is 53.7 Å². The molecule has 0 atom stereocenters. The normalized spacial score (nSPS) is 10.6. The van der Waals surface area contributed by atoms with E-state index in [1.54, 1.807) is 29.8 Å². The van der Waals surface area contributed by atoms with Crippen molar-refractivity contribution in [1.82, 2.24) is 14.8 Å². The number of rotatable bonds is 6. The summed E-state index contributed by atoms with van der Waals surface area (Å²) in [6.45, 7) is 0. The predicted molar refractivity (Wildman–Crippen MR) is 104 cm³/mol. The molecular weight excluding hydrogens is 388 g/mol. The Labute approximate surface area is 164 Å². The Morgan fingerprint density at radius 1 is 1.19 bits per heavy atom. The summed E-state index contributed by atoms with van der Waals surface area (Å²) < 4.78 is 1.77. The van der Waals surface area contributed by atoms with Gasteiger partial charge in [0.1, 0.15) is 0 Å². The molecule has 0 fully saturated rings. The van der Waals surface area contributed by atoms with E-state index in [-0.39, 0.29) is 17.2 Å². The van der Waals surface area contributed by atoms with Crippen LogP contribution in [0.25, 0.3) is 11.4 Å². The SMILES string of the molecule is Cn1c(SCC(=O)Nc2cccc(C(=O)O)c2)nnc1-c1ccccc1Cl. The topological polar surface area (TPSA) is 97.1 Å². The van der Waals surface area contributed by atoms with Crippen molar-refractivity contribution in [1.29, 1.82) is 0 Å². The fraction of sp³-hybridized carbons (Fsp3) is 0.111. The van der Waals surface area contributed by atoms with Crippen LogP contribution in [0.5, 0.6) is 0 Å². The minimum Gasteiger partial charge on any atom is -0.478 e. The van der Waals surface area contributed by atoms with Crippen molar-refractivity contribution in [2.24, 2.45) is 7.05 Å². The molecule has 7 nitrogen and oxygen atoms in total. The van der Waals surface area contributed by atoms with E-state index in [0.29, 0.717) is 21.7 Å². The summed E-state index contributed by atoms with van der Waals surface area (Å²) >= 11 is 7.42. The third kappa shape index (κ3) is 4.47. The molecule has 3 aromatic rings. The Hall–Kier alpha value is -2.84. The van der Waals surface area contributed by atoms with Gasteiger partial charge in [-0.1, -0.05) is 41.6 Å². The molecule has 1 heterocycles. The average molecular weight is 403 g/mol. The first-order chi connectivity index (χ1) is 13.0. The van der Waals surface area contributed by atoms with Crippen molar-refractivity contribution in [2.45, 2.75) is 5.16 Å². The molecule has 0 saturated heterocycles. The highest BCUT2D eigenvalue weighted by molar-refractivity contribution is 7.99. The van der Waals surface area contributed by atoms with Crippen molar-refractivity contribution < 1.29 is 14.7 Å². The molecule has 0 bridgehead atoms. The third-order valence-electron chi connectivity index (χ3n) is 3.68. The maximum atomic E-state index is 12.2. The fourth-order valence-electron chi connectivity index (χ4n) is 2.37. The summed E-state index contributed by atoms with van der Waals surface area (Å²) in [4.78, 5) is 23.1. The molecule has 27 heavy (non-hydrogen) atoms. The Morgan fingerprint density at radius 3 is 2.70 bits per heavy atom. The maximum Gasteiger partial charge on any atom is 0.335 e. The molecule has 1 amide bonds. The number of carbonyl (C=O) groups is 2. The summed E-state index contributed by atoms with van der Waals surface area (Å²) in [6, 6.07) is 13.4. The highest BCUT2D eigenvalue weighted by Crippen LogP contribution is 2.28. The molecule has 3 rings (SSSR count). The second-order valence-corrected chi connectivity index (χ2v) is 6.92. The Balaban J connectivity index is 1.65. The minimum absolute atomic E-state index is 0.103. The monoisotopic (exact) mass is 402 g/mol. The van der Waals surface area contributed by atoms with E-state index in [1.165, 1.54) is 23.9 Å². The summed E-state index contributed by atoms with van der Waals surface area (Å²) in [5, 5.41) is 21.1. The highest BCUT2D eigenvalue weighted by atomic mass is 35.5. The van der Waals surface area contributed by atoms with Crippen molar-refractivity contribution in [3.05, 3.63) is 59.1 Å². The molecule has 9 heteroatoms. The van der Waals surface area contributed by atoms with Crippen molar-refractivity contribution in [2.75, 3.05) is 11.1 Å². The zero-order chi connectivity index (χ0) is 19.4. The van der Waals surface area contributed by atoms with Gasteiger partial charge in [-0.15, -0.1) is 10.2 Å². The van der Waals surface area contributed by atoms with Gasteiger partial charge in [-0.3, -0.25) is 4.79 Å². The van der Waals surface area contributed by atoms with E-state index >= 15 is 0 Å². The summed E-state index contributed by atoms with van der Waals surface area (Å²) in [6.07, 6.45) is 0. The highest BCUT2D eigenvalue weighted by Gasteiger charge is 2.15. The first-order valence-electron chi connectivity index (χ1n) is 7.86.